The number of rotatable bonds is 4. The molecule has 0 saturated carbocycles. The van der Waals surface area contributed by atoms with Gasteiger partial charge in [-0.25, -0.2) is 9.37 Å². The molecule has 5 rings (SSSR count). The molecule has 5 heterocycles. The molecule has 0 saturated heterocycles. The van der Waals surface area contributed by atoms with Crippen LogP contribution in [-0.4, -0.2) is 39.4 Å². The number of aromatic amines is 1. The number of fused-ring (bicyclic) bond motifs is 2. The fourth-order valence-corrected chi connectivity index (χ4v) is 3.83. The lowest BCUT2D eigenvalue weighted by molar-refractivity contribution is -0.115. The van der Waals surface area contributed by atoms with Gasteiger partial charge in [0.2, 0.25) is 5.91 Å². The summed E-state index contributed by atoms with van der Waals surface area (Å²) in [5.74, 6) is 0.630. The maximum atomic E-state index is 16.0. The van der Waals surface area contributed by atoms with E-state index in [1.54, 1.807) is 25.4 Å². The van der Waals surface area contributed by atoms with Gasteiger partial charge in [-0.15, -0.1) is 0 Å². The van der Waals surface area contributed by atoms with E-state index >= 15 is 4.39 Å². The molecule has 0 spiro atoms. The first-order valence-corrected chi connectivity index (χ1v) is 10.6. The van der Waals surface area contributed by atoms with E-state index in [-0.39, 0.29) is 11.6 Å². The summed E-state index contributed by atoms with van der Waals surface area (Å²) in [6, 6.07) is 1.67. The molecule has 0 aromatic carbocycles. The number of H-pyrrole nitrogens is 1. The fraction of sp³-hybridized carbons (Fsp3) is 0.167. The number of amides is 1. The van der Waals surface area contributed by atoms with Gasteiger partial charge in [0.25, 0.3) is 0 Å². The molecule has 0 aliphatic carbocycles. The van der Waals surface area contributed by atoms with Crippen LogP contribution >= 0.6 is 0 Å². The SMILES string of the molecule is CCC(=O)Nc1cncc(-c2ncc3c(c2F)C(c2nc4c([nH]2)C=CC=CN4)=CCN3C)c1. The topological polar surface area (TPSA) is 98.8 Å². The van der Waals surface area contributed by atoms with Gasteiger partial charge >= 0.3 is 0 Å². The van der Waals surface area contributed by atoms with Crippen LogP contribution in [0.15, 0.2) is 49.1 Å². The Morgan fingerprint density at radius 2 is 2.15 bits per heavy atom. The number of nitrogens with zero attached hydrogens (tertiary/aromatic N) is 4. The molecular weight excluding hydrogens is 421 g/mol. The molecule has 3 aromatic rings. The zero-order chi connectivity index (χ0) is 22.9. The number of likely N-dealkylation sites (N-methyl/N-ethyl adjacent to an activating group) is 1. The molecule has 0 unspecified atom stereocenters. The second-order valence-corrected chi connectivity index (χ2v) is 7.75. The first kappa shape index (κ1) is 20.6. The minimum absolute atomic E-state index is 0.144. The molecular formula is C24H22FN7O. The van der Waals surface area contributed by atoms with Crippen molar-refractivity contribution in [3.63, 3.8) is 0 Å². The molecule has 9 heteroatoms. The summed E-state index contributed by atoms with van der Waals surface area (Å²) in [7, 11) is 1.89. The Morgan fingerprint density at radius 1 is 1.27 bits per heavy atom. The summed E-state index contributed by atoms with van der Waals surface area (Å²) in [6.45, 7) is 2.36. The zero-order valence-electron chi connectivity index (χ0n) is 18.2. The Kier molecular flexibility index (Phi) is 5.21. The summed E-state index contributed by atoms with van der Waals surface area (Å²) in [4.78, 5) is 30.2. The monoisotopic (exact) mass is 443 g/mol. The van der Waals surface area contributed by atoms with Crippen LogP contribution in [0.25, 0.3) is 22.9 Å². The average Bonchev–Trinajstić information content (AvgIpc) is 3.09. The molecule has 1 amide bonds. The minimum Gasteiger partial charge on any atom is -0.369 e. The number of allylic oxidation sites excluding steroid dienone is 2. The summed E-state index contributed by atoms with van der Waals surface area (Å²) >= 11 is 0. The minimum atomic E-state index is -0.471. The predicted molar refractivity (Wildman–Crippen MR) is 127 cm³/mol. The molecule has 8 nitrogen and oxygen atoms in total. The largest absolute Gasteiger partial charge is 0.369 e. The Morgan fingerprint density at radius 3 is 3.00 bits per heavy atom. The Balaban J connectivity index is 1.59. The van der Waals surface area contributed by atoms with Gasteiger partial charge in [0.15, 0.2) is 11.6 Å². The van der Waals surface area contributed by atoms with Gasteiger partial charge in [-0.2, -0.15) is 0 Å². The van der Waals surface area contributed by atoms with E-state index in [1.165, 1.54) is 12.4 Å². The van der Waals surface area contributed by atoms with E-state index in [0.29, 0.717) is 52.7 Å². The third-order valence-electron chi connectivity index (χ3n) is 5.54. The summed E-state index contributed by atoms with van der Waals surface area (Å²) in [5, 5.41) is 5.88. The zero-order valence-corrected chi connectivity index (χ0v) is 18.2. The summed E-state index contributed by atoms with van der Waals surface area (Å²) < 4.78 is 16.0. The van der Waals surface area contributed by atoms with Crippen LogP contribution in [0.2, 0.25) is 0 Å². The fourth-order valence-electron chi connectivity index (χ4n) is 3.83. The highest BCUT2D eigenvalue weighted by Gasteiger charge is 2.27. The molecule has 3 aromatic heterocycles. The quantitative estimate of drug-likeness (QED) is 0.559. The van der Waals surface area contributed by atoms with E-state index in [9.17, 15) is 4.79 Å². The molecule has 33 heavy (non-hydrogen) atoms. The Labute approximate surface area is 190 Å². The molecule has 2 aliphatic heterocycles. The number of hydrogen-bond donors (Lipinski definition) is 3. The lowest BCUT2D eigenvalue weighted by atomic mass is 9.97. The van der Waals surface area contributed by atoms with Gasteiger partial charge < -0.3 is 20.5 Å². The van der Waals surface area contributed by atoms with Gasteiger partial charge in [0.05, 0.1) is 29.5 Å². The van der Waals surface area contributed by atoms with Crippen LogP contribution in [0.3, 0.4) is 0 Å². The molecule has 166 valence electrons. The van der Waals surface area contributed by atoms with Crippen LogP contribution in [-0.2, 0) is 4.79 Å². The van der Waals surface area contributed by atoms with Crippen LogP contribution in [0.1, 0.15) is 30.4 Å². The van der Waals surface area contributed by atoms with E-state index in [2.05, 4.69) is 30.6 Å². The van der Waals surface area contributed by atoms with Gasteiger partial charge in [0, 0.05) is 49.1 Å². The highest BCUT2D eigenvalue weighted by Crippen LogP contribution is 2.39. The second-order valence-electron chi connectivity index (χ2n) is 7.75. The molecule has 3 N–H and O–H groups in total. The van der Waals surface area contributed by atoms with Crippen molar-refractivity contribution in [1.29, 1.82) is 0 Å². The van der Waals surface area contributed by atoms with Gasteiger partial charge in [0.1, 0.15) is 11.5 Å². The van der Waals surface area contributed by atoms with E-state index in [4.69, 9.17) is 0 Å². The highest BCUT2D eigenvalue weighted by molar-refractivity contribution is 5.92. The second kappa shape index (κ2) is 8.34. The van der Waals surface area contributed by atoms with Gasteiger partial charge in [-0.1, -0.05) is 19.1 Å². The smallest absolute Gasteiger partial charge is 0.224 e. The average molecular weight is 443 g/mol. The number of aromatic nitrogens is 4. The van der Waals surface area contributed by atoms with E-state index in [0.717, 1.165) is 5.69 Å². The highest BCUT2D eigenvalue weighted by atomic mass is 19.1. The normalized spacial score (nSPS) is 14.2. The van der Waals surface area contributed by atoms with Gasteiger partial charge in [-0.3, -0.25) is 14.8 Å². The van der Waals surface area contributed by atoms with E-state index < -0.39 is 5.82 Å². The van der Waals surface area contributed by atoms with Crippen molar-refractivity contribution >= 4 is 34.7 Å². The number of anilines is 3. The molecule has 0 fully saturated rings. The van der Waals surface area contributed by atoms with Gasteiger partial charge in [-0.05, 0) is 18.2 Å². The lowest BCUT2D eigenvalue weighted by Gasteiger charge is -2.27. The molecule has 0 bridgehead atoms. The summed E-state index contributed by atoms with van der Waals surface area (Å²) in [5.41, 5.74) is 3.69. The third kappa shape index (κ3) is 3.78. The first-order chi connectivity index (χ1) is 16.0. The van der Waals surface area contributed by atoms with Crippen molar-refractivity contribution in [2.45, 2.75) is 13.3 Å². The standard InChI is InChI=1S/C24H22FN7O/c1-3-19(33)29-15-10-14(11-26-12-15)22-21(25)20-16(7-9-32(2)18(20)13-28-22)23-30-17-6-4-5-8-27-24(17)31-23/h4-8,10-13,27H,3,9H2,1-2H3,(H,29,33)(H,30,31). The number of imidazole rings is 1. The van der Waals surface area contributed by atoms with Crippen LogP contribution in [0.4, 0.5) is 21.6 Å². The number of carbonyl (C=O) groups excluding carboxylic acids is 1. The Bertz CT molecular complexity index is 1340. The Hall–Kier alpha value is -4.27. The number of nitrogens with one attached hydrogen (secondary N) is 3. The van der Waals surface area contributed by atoms with Crippen molar-refractivity contribution in [3.05, 3.63) is 72.0 Å². The van der Waals surface area contributed by atoms with Crippen molar-refractivity contribution in [2.24, 2.45) is 0 Å². The molecule has 0 atom stereocenters. The number of hydrogen-bond acceptors (Lipinski definition) is 6. The molecule has 0 radical (unpaired) electrons. The molecule has 2 aliphatic rings. The third-order valence-corrected chi connectivity index (χ3v) is 5.54. The predicted octanol–water partition coefficient (Wildman–Crippen LogP) is 4.19. The lowest BCUT2D eigenvalue weighted by Crippen LogP contribution is -2.24. The summed E-state index contributed by atoms with van der Waals surface area (Å²) in [6.07, 6.45) is 14.5. The number of halogens is 1. The van der Waals surface area contributed by atoms with Crippen LogP contribution in [0.5, 0.6) is 0 Å². The van der Waals surface area contributed by atoms with Crippen molar-refractivity contribution in [1.82, 2.24) is 19.9 Å². The van der Waals surface area contributed by atoms with Crippen molar-refractivity contribution < 1.29 is 9.18 Å². The maximum absolute atomic E-state index is 16.0. The van der Waals surface area contributed by atoms with Crippen molar-refractivity contribution in [2.75, 3.05) is 29.1 Å². The van der Waals surface area contributed by atoms with Crippen LogP contribution < -0.4 is 15.5 Å². The van der Waals surface area contributed by atoms with Crippen LogP contribution in [0, 0.1) is 5.82 Å². The maximum Gasteiger partial charge on any atom is 0.224 e. The van der Waals surface area contributed by atoms with Crippen molar-refractivity contribution in [3.8, 4) is 11.3 Å². The first-order valence-electron chi connectivity index (χ1n) is 10.6. The number of carbonyl (C=O) groups is 1. The number of pyridine rings is 2. The van der Waals surface area contributed by atoms with E-state index in [1.807, 2.05) is 36.3 Å².